The van der Waals surface area contributed by atoms with E-state index in [1.807, 2.05) is 23.9 Å². The van der Waals surface area contributed by atoms with E-state index in [9.17, 15) is 4.39 Å². The second kappa shape index (κ2) is 8.02. The molecule has 1 fully saturated rings. The van der Waals surface area contributed by atoms with Crippen LogP contribution in [0.5, 0.6) is 0 Å². The normalized spacial score (nSPS) is 14.5. The van der Waals surface area contributed by atoms with Gasteiger partial charge in [0.05, 0.1) is 23.8 Å². The van der Waals surface area contributed by atoms with Crippen LogP contribution in [0.4, 0.5) is 10.1 Å². The van der Waals surface area contributed by atoms with Gasteiger partial charge in [0.15, 0.2) is 0 Å². The molecule has 1 aromatic carbocycles. The Morgan fingerprint density at radius 1 is 1.24 bits per heavy atom. The van der Waals surface area contributed by atoms with Crippen molar-refractivity contribution in [3.8, 4) is 5.69 Å². The number of hydrogen-bond acceptors (Lipinski definition) is 4. The summed E-state index contributed by atoms with van der Waals surface area (Å²) >= 11 is 1.91. The highest BCUT2D eigenvalue weighted by molar-refractivity contribution is 7.99. The summed E-state index contributed by atoms with van der Waals surface area (Å²) in [5.74, 6) is 1.92. The van der Waals surface area contributed by atoms with E-state index in [-0.39, 0.29) is 5.82 Å². The fraction of sp³-hybridized carbons (Fsp3) is 0.467. The molecule has 0 radical (unpaired) electrons. The summed E-state index contributed by atoms with van der Waals surface area (Å²) < 4.78 is 15.7. The van der Waals surface area contributed by atoms with E-state index in [4.69, 9.17) is 0 Å². The Balaban J connectivity index is 0.000000497. The summed E-state index contributed by atoms with van der Waals surface area (Å²) in [6, 6.07) is 5.20. The molecule has 0 saturated carbocycles. The number of rotatable bonds is 2. The zero-order valence-electron chi connectivity index (χ0n) is 12.5. The summed E-state index contributed by atoms with van der Waals surface area (Å²) in [5, 5.41) is 7.57. The maximum absolute atomic E-state index is 14.1. The van der Waals surface area contributed by atoms with Crippen molar-refractivity contribution in [1.82, 2.24) is 15.0 Å². The van der Waals surface area contributed by atoms with E-state index in [2.05, 4.69) is 29.1 Å². The van der Waals surface area contributed by atoms with E-state index in [1.54, 1.807) is 17.1 Å². The molecule has 3 rings (SSSR count). The van der Waals surface area contributed by atoms with Crippen LogP contribution in [0.2, 0.25) is 0 Å². The lowest BCUT2D eigenvalue weighted by molar-refractivity contribution is 0.617. The van der Waals surface area contributed by atoms with Crippen LogP contribution in [0.25, 0.3) is 5.69 Å². The van der Waals surface area contributed by atoms with Gasteiger partial charge in [0, 0.05) is 30.7 Å². The van der Waals surface area contributed by atoms with Gasteiger partial charge < -0.3 is 4.90 Å². The number of hydrogen-bond donors (Lipinski definition) is 0. The van der Waals surface area contributed by atoms with Gasteiger partial charge in [-0.1, -0.05) is 25.5 Å². The van der Waals surface area contributed by atoms with Crippen molar-refractivity contribution < 1.29 is 4.39 Å². The molecular weight excluding hydrogens is 287 g/mol. The van der Waals surface area contributed by atoms with Crippen LogP contribution in [0.3, 0.4) is 0 Å². The molecule has 0 atom stereocenters. The summed E-state index contributed by atoms with van der Waals surface area (Å²) in [4.78, 5) is 2.09. The van der Waals surface area contributed by atoms with Crippen molar-refractivity contribution in [2.24, 2.45) is 0 Å². The molecule has 2 heterocycles. The number of aromatic nitrogens is 3. The molecule has 0 aliphatic carbocycles. The lowest BCUT2D eigenvalue weighted by Crippen LogP contribution is -2.33. The molecule has 1 aromatic heterocycles. The molecule has 4 nitrogen and oxygen atoms in total. The average Bonchev–Trinajstić information content (AvgIpc) is 3.03. The largest absolute Gasteiger partial charge is 0.368 e. The Hall–Kier alpha value is -1.56. The SMILES string of the molecule is CCC.Fc1cc(-n2ccnn2)ccc1N1CCSCC1. The monoisotopic (exact) mass is 308 g/mol. The summed E-state index contributed by atoms with van der Waals surface area (Å²) in [7, 11) is 0. The minimum atomic E-state index is -0.199. The highest BCUT2D eigenvalue weighted by Crippen LogP contribution is 2.24. The first kappa shape index (κ1) is 15.8. The molecule has 0 amide bonds. The molecule has 0 N–H and O–H groups in total. The lowest BCUT2D eigenvalue weighted by atomic mass is 10.2. The molecule has 114 valence electrons. The minimum absolute atomic E-state index is 0.199. The molecule has 2 aromatic rings. The molecule has 1 aliphatic rings. The lowest BCUT2D eigenvalue weighted by Gasteiger charge is -2.28. The Labute approximate surface area is 129 Å². The third-order valence-corrected chi connectivity index (χ3v) is 3.91. The first-order valence-corrected chi connectivity index (χ1v) is 8.40. The summed E-state index contributed by atoms with van der Waals surface area (Å²) in [5.41, 5.74) is 1.37. The summed E-state index contributed by atoms with van der Waals surface area (Å²) in [6.07, 6.45) is 4.53. The number of benzene rings is 1. The number of halogens is 1. The topological polar surface area (TPSA) is 34.0 Å². The fourth-order valence-electron chi connectivity index (χ4n) is 2.04. The van der Waals surface area contributed by atoms with Crippen LogP contribution in [0.1, 0.15) is 20.3 Å². The second-order valence-electron chi connectivity index (χ2n) is 4.79. The average molecular weight is 308 g/mol. The predicted octanol–water partition coefficient (Wildman–Crippen LogP) is 3.38. The maximum Gasteiger partial charge on any atom is 0.148 e. The highest BCUT2D eigenvalue weighted by atomic mass is 32.2. The minimum Gasteiger partial charge on any atom is -0.368 e. The van der Waals surface area contributed by atoms with Crippen molar-refractivity contribution in [2.75, 3.05) is 29.5 Å². The Bertz CT molecular complexity index is 539. The molecule has 6 heteroatoms. The third kappa shape index (κ3) is 4.20. The predicted molar refractivity (Wildman–Crippen MR) is 86.8 cm³/mol. The van der Waals surface area contributed by atoms with E-state index < -0.39 is 0 Å². The van der Waals surface area contributed by atoms with E-state index in [0.717, 1.165) is 24.6 Å². The second-order valence-corrected chi connectivity index (χ2v) is 6.01. The van der Waals surface area contributed by atoms with Crippen LogP contribution >= 0.6 is 11.8 Å². The van der Waals surface area contributed by atoms with E-state index in [1.165, 1.54) is 12.5 Å². The fourth-order valence-corrected chi connectivity index (χ4v) is 2.95. The zero-order valence-corrected chi connectivity index (χ0v) is 13.3. The van der Waals surface area contributed by atoms with E-state index >= 15 is 0 Å². The van der Waals surface area contributed by atoms with Crippen LogP contribution < -0.4 is 4.90 Å². The van der Waals surface area contributed by atoms with Crippen molar-refractivity contribution in [1.29, 1.82) is 0 Å². The van der Waals surface area contributed by atoms with Gasteiger partial charge in [-0.05, 0) is 12.1 Å². The van der Waals surface area contributed by atoms with Crippen molar-refractivity contribution in [2.45, 2.75) is 20.3 Å². The van der Waals surface area contributed by atoms with Crippen LogP contribution in [0, 0.1) is 5.82 Å². The van der Waals surface area contributed by atoms with Gasteiger partial charge in [-0.25, -0.2) is 9.07 Å². The quantitative estimate of drug-likeness (QED) is 0.852. The number of thioether (sulfide) groups is 1. The molecule has 0 unspecified atom stereocenters. The smallest absolute Gasteiger partial charge is 0.148 e. The van der Waals surface area contributed by atoms with Gasteiger partial charge in [-0.15, -0.1) is 5.10 Å². The molecule has 0 spiro atoms. The maximum atomic E-state index is 14.1. The number of anilines is 1. The van der Waals surface area contributed by atoms with Gasteiger partial charge in [-0.2, -0.15) is 11.8 Å². The highest BCUT2D eigenvalue weighted by Gasteiger charge is 2.15. The number of nitrogens with zero attached hydrogens (tertiary/aromatic N) is 4. The Morgan fingerprint density at radius 3 is 2.52 bits per heavy atom. The molecule has 1 aliphatic heterocycles. The third-order valence-electron chi connectivity index (χ3n) is 2.97. The van der Waals surface area contributed by atoms with Gasteiger partial charge >= 0.3 is 0 Å². The molecular formula is C15H21FN4S. The molecule has 1 saturated heterocycles. The molecule has 21 heavy (non-hydrogen) atoms. The Morgan fingerprint density at radius 2 is 1.95 bits per heavy atom. The zero-order chi connectivity index (χ0) is 15.1. The van der Waals surface area contributed by atoms with Crippen molar-refractivity contribution in [3.05, 3.63) is 36.4 Å². The van der Waals surface area contributed by atoms with Crippen molar-refractivity contribution >= 4 is 17.4 Å². The Kier molecular flexibility index (Phi) is 6.04. The first-order valence-electron chi connectivity index (χ1n) is 7.25. The molecule has 0 bridgehead atoms. The van der Waals surface area contributed by atoms with Gasteiger partial charge in [0.1, 0.15) is 5.82 Å². The first-order chi connectivity index (χ1) is 10.3. The standard InChI is InChI=1S/C12H13FN4S.C3H8/c13-11-9-10(17-4-3-14-15-17)1-2-12(11)16-5-7-18-8-6-16;1-3-2/h1-4,9H,5-8H2;3H2,1-2H3. The van der Waals surface area contributed by atoms with Gasteiger partial charge in [0.25, 0.3) is 0 Å². The summed E-state index contributed by atoms with van der Waals surface area (Å²) in [6.45, 7) is 6.06. The van der Waals surface area contributed by atoms with Crippen molar-refractivity contribution in [3.63, 3.8) is 0 Å². The van der Waals surface area contributed by atoms with Gasteiger partial charge in [0.2, 0.25) is 0 Å². The van der Waals surface area contributed by atoms with E-state index in [0.29, 0.717) is 11.4 Å². The van der Waals surface area contributed by atoms with Crippen LogP contribution in [-0.4, -0.2) is 39.6 Å². The van der Waals surface area contributed by atoms with Gasteiger partial charge in [-0.3, -0.25) is 0 Å². The van der Waals surface area contributed by atoms with Crippen LogP contribution in [-0.2, 0) is 0 Å². The van der Waals surface area contributed by atoms with Crippen LogP contribution in [0.15, 0.2) is 30.6 Å².